The molecule has 0 fully saturated rings. The van der Waals surface area contributed by atoms with Gasteiger partial charge in [-0.15, -0.1) is 0 Å². The minimum atomic E-state index is -0.157. The smallest absolute Gasteiger partial charge is 0.123 e. The number of hydrogen-bond acceptors (Lipinski definition) is 1. The zero-order valence-corrected chi connectivity index (χ0v) is 12.5. The first-order valence-electron chi connectivity index (χ1n) is 6.69. The van der Waals surface area contributed by atoms with Gasteiger partial charge in [0.05, 0.1) is 0 Å². The van der Waals surface area contributed by atoms with Gasteiger partial charge in [0, 0.05) is 6.04 Å². The third-order valence-corrected chi connectivity index (χ3v) is 4.02. The molecule has 2 unspecified atom stereocenters. The Bertz CT molecular complexity index is 393. The summed E-state index contributed by atoms with van der Waals surface area (Å²) in [6, 6.07) is 5.36. The van der Waals surface area contributed by atoms with Gasteiger partial charge in [-0.05, 0) is 55.0 Å². The summed E-state index contributed by atoms with van der Waals surface area (Å²) >= 11 is 0. The molecule has 0 amide bonds. The second kappa shape index (κ2) is 5.83. The van der Waals surface area contributed by atoms with E-state index in [9.17, 15) is 4.39 Å². The summed E-state index contributed by atoms with van der Waals surface area (Å²) in [6.45, 7) is 11.1. The molecule has 0 aliphatic rings. The number of nitrogens with one attached hydrogen (secondary N) is 1. The van der Waals surface area contributed by atoms with E-state index in [2.05, 4.69) is 33.0 Å². The highest BCUT2D eigenvalue weighted by Gasteiger charge is 2.24. The van der Waals surface area contributed by atoms with E-state index < -0.39 is 0 Å². The zero-order chi connectivity index (χ0) is 13.9. The van der Waals surface area contributed by atoms with Gasteiger partial charge in [-0.3, -0.25) is 0 Å². The van der Waals surface area contributed by atoms with E-state index in [0.717, 1.165) is 12.0 Å². The van der Waals surface area contributed by atoms with Gasteiger partial charge in [-0.25, -0.2) is 4.39 Å². The summed E-state index contributed by atoms with van der Waals surface area (Å²) in [5, 5.41) is 3.36. The monoisotopic (exact) mass is 251 g/mol. The van der Waals surface area contributed by atoms with Gasteiger partial charge in [0.25, 0.3) is 0 Å². The first-order chi connectivity index (χ1) is 8.25. The Labute approximate surface area is 111 Å². The number of benzene rings is 1. The van der Waals surface area contributed by atoms with Gasteiger partial charge in [0.1, 0.15) is 5.82 Å². The van der Waals surface area contributed by atoms with Crippen LogP contribution in [0.5, 0.6) is 0 Å². The number of rotatable bonds is 4. The first-order valence-corrected chi connectivity index (χ1v) is 6.69. The lowest BCUT2D eigenvalue weighted by atomic mass is 9.77. The van der Waals surface area contributed by atoms with Gasteiger partial charge < -0.3 is 5.32 Å². The van der Waals surface area contributed by atoms with E-state index >= 15 is 0 Å². The fourth-order valence-electron chi connectivity index (χ4n) is 2.14. The molecule has 0 saturated heterocycles. The highest BCUT2D eigenvalue weighted by Crippen LogP contribution is 2.34. The molecule has 2 heteroatoms. The Morgan fingerprint density at radius 1 is 1.28 bits per heavy atom. The summed E-state index contributed by atoms with van der Waals surface area (Å²) in [5.74, 6) is 0.439. The predicted octanol–water partition coefficient (Wildman–Crippen LogP) is 4.47. The van der Waals surface area contributed by atoms with Gasteiger partial charge in [0.2, 0.25) is 0 Å². The van der Waals surface area contributed by atoms with Crippen molar-refractivity contribution in [1.82, 2.24) is 5.32 Å². The van der Waals surface area contributed by atoms with Gasteiger partial charge in [-0.2, -0.15) is 0 Å². The fourth-order valence-corrected chi connectivity index (χ4v) is 2.14. The normalized spacial score (nSPS) is 15.5. The fraction of sp³-hybridized carbons (Fsp3) is 0.625. The standard InChI is InChI=1S/C16H26FN/c1-11-9-13(17)7-8-14(11)15(18-6)10-12(2)16(3,4)5/h7-9,12,15,18H,10H2,1-6H3. The summed E-state index contributed by atoms with van der Waals surface area (Å²) in [7, 11) is 1.98. The van der Waals surface area contributed by atoms with Crippen LogP contribution in [-0.4, -0.2) is 7.05 Å². The van der Waals surface area contributed by atoms with Crippen molar-refractivity contribution < 1.29 is 4.39 Å². The molecule has 102 valence electrons. The van der Waals surface area contributed by atoms with E-state index in [1.54, 1.807) is 12.1 Å². The van der Waals surface area contributed by atoms with Crippen molar-refractivity contribution in [3.05, 3.63) is 35.1 Å². The third kappa shape index (κ3) is 3.81. The van der Waals surface area contributed by atoms with Crippen LogP contribution in [0.15, 0.2) is 18.2 Å². The molecule has 0 heterocycles. The van der Waals surface area contributed by atoms with Crippen LogP contribution in [0.3, 0.4) is 0 Å². The average molecular weight is 251 g/mol. The van der Waals surface area contributed by atoms with E-state index in [4.69, 9.17) is 0 Å². The lowest BCUT2D eigenvalue weighted by Crippen LogP contribution is -2.25. The topological polar surface area (TPSA) is 12.0 Å². The van der Waals surface area contributed by atoms with Crippen molar-refractivity contribution in [2.45, 2.75) is 47.1 Å². The van der Waals surface area contributed by atoms with Gasteiger partial charge in [0.15, 0.2) is 0 Å². The van der Waals surface area contributed by atoms with Gasteiger partial charge >= 0.3 is 0 Å². The minimum Gasteiger partial charge on any atom is -0.313 e. The Hall–Kier alpha value is -0.890. The molecule has 0 aliphatic carbocycles. The number of hydrogen-bond donors (Lipinski definition) is 1. The van der Waals surface area contributed by atoms with E-state index in [1.165, 1.54) is 5.56 Å². The summed E-state index contributed by atoms with van der Waals surface area (Å²) in [4.78, 5) is 0. The van der Waals surface area contributed by atoms with Crippen LogP contribution in [0.25, 0.3) is 0 Å². The Morgan fingerprint density at radius 3 is 2.33 bits per heavy atom. The summed E-state index contributed by atoms with van der Waals surface area (Å²) in [6.07, 6.45) is 1.06. The quantitative estimate of drug-likeness (QED) is 0.832. The van der Waals surface area contributed by atoms with E-state index in [-0.39, 0.29) is 5.82 Å². The molecule has 2 atom stereocenters. The first kappa shape index (κ1) is 15.2. The van der Waals surface area contributed by atoms with Crippen molar-refractivity contribution in [2.75, 3.05) is 7.05 Å². The highest BCUT2D eigenvalue weighted by molar-refractivity contribution is 5.29. The predicted molar refractivity (Wildman–Crippen MR) is 76.2 cm³/mol. The SMILES string of the molecule is CNC(CC(C)C(C)(C)C)c1ccc(F)cc1C. The maximum atomic E-state index is 13.1. The Balaban J connectivity index is 2.90. The van der Waals surface area contributed by atoms with Crippen molar-refractivity contribution in [3.63, 3.8) is 0 Å². The Morgan fingerprint density at radius 2 is 1.89 bits per heavy atom. The zero-order valence-electron chi connectivity index (χ0n) is 12.5. The molecule has 0 spiro atoms. The molecule has 0 saturated carbocycles. The van der Waals surface area contributed by atoms with Gasteiger partial charge in [-0.1, -0.05) is 33.8 Å². The molecular formula is C16H26FN. The molecule has 0 bridgehead atoms. The summed E-state index contributed by atoms with van der Waals surface area (Å²) in [5.41, 5.74) is 2.52. The maximum Gasteiger partial charge on any atom is 0.123 e. The van der Waals surface area contributed by atoms with Crippen LogP contribution >= 0.6 is 0 Å². The number of aryl methyl sites for hydroxylation is 1. The highest BCUT2D eigenvalue weighted by atomic mass is 19.1. The molecule has 1 rings (SSSR count). The average Bonchev–Trinajstić information content (AvgIpc) is 2.25. The summed E-state index contributed by atoms with van der Waals surface area (Å²) < 4.78 is 13.1. The van der Waals surface area contributed by atoms with Crippen molar-refractivity contribution in [1.29, 1.82) is 0 Å². The van der Waals surface area contributed by atoms with Crippen LogP contribution in [0.1, 0.15) is 51.3 Å². The minimum absolute atomic E-state index is 0.157. The third-order valence-electron chi connectivity index (χ3n) is 4.02. The van der Waals surface area contributed by atoms with Crippen LogP contribution in [0.4, 0.5) is 4.39 Å². The van der Waals surface area contributed by atoms with Crippen LogP contribution < -0.4 is 5.32 Å². The molecular weight excluding hydrogens is 225 g/mol. The second-order valence-corrected chi connectivity index (χ2v) is 6.34. The lowest BCUT2D eigenvalue weighted by Gasteiger charge is -2.31. The number of halogens is 1. The van der Waals surface area contributed by atoms with Crippen molar-refractivity contribution in [2.24, 2.45) is 11.3 Å². The Kier molecular flexibility index (Phi) is 4.92. The molecule has 0 radical (unpaired) electrons. The van der Waals surface area contributed by atoms with Crippen LogP contribution in [0, 0.1) is 24.1 Å². The van der Waals surface area contributed by atoms with Crippen LogP contribution in [-0.2, 0) is 0 Å². The van der Waals surface area contributed by atoms with Crippen LogP contribution in [0.2, 0.25) is 0 Å². The molecule has 1 aromatic carbocycles. The van der Waals surface area contributed by atoms with Crippen molar-refractivity contribution >= 4 is 0 Å². The molecule has 18 heavy (non-hydrogen) atoms. The molecule has 0 aromatic heterocycles. The molecule has 0 aliphatic heterocycles. The second-order valence-electron chi connectivity index (χ2n) is 6.34. The molecule has 1 N–H and O–H groups in total. The van der Waals surface area contributed by atoms with Crippen molar-refractivity contribution in [3.8, 4) is 0 Å². The molecule has 1 nitrogen and oxygen atoms in total. The lowest BCUT2D eigenvalue weighted by molar-refractivity contribution is 0.226. The van der Waals surface area contributed by atoms with E-state index in [1.807, 2.05) is 20.0 Å². The largest absolute Gasteiger partial charge is 0.313 e. The molecule has 1 aromatic rings. The van der Waals surface area contributed by atoms with E-state index in [0.29, 0.717) is 17.4 Å². The maximum absolute atomic E-state index is 13.1.